The van der Waals surface area contributed by atoms with Gasteiger partial charge in [0.05, 0.1) is 0 Å². The SMILES string of the molecule is CC/C(=C(/c1ccc(/C=C/C(=O)O)cc1)c1ccc(N)c(C=N)c1)c1ccc(C)c(Oc2ccccc2)c1. The van der Waals surface area contributed by atoms with E-state index < -0.39 is 5.97 Å². The smallest absolute Gasteiger partial charge is 0.328 e. The number of hydrogen-bond acceptors (Lipinski definition) is 4. The topological polar surface area (TPSA) is 96.4 Å². The molecule has 0 amide bonds. The highest BCUT2D eigenvalue weighted by Crippen LogP contribution is 2.38. The summed E-state index contributed by atoms with van der Waals surface area (Å²) in [5, 5.41) is 16.8. The van der Waals surface area contributed by atoms with Crippen LogP contribution in [0.3, 0.4) is 0 Å². The van der Waals surface area contributed by atoms with Crippen LogP contribution in [-0.4, -0.2) is 17.3 Å². The lowest BCUT2D eigenvalue weighted by Gasteiger charge is -2.19. The first kappa shape index (κ1) is 26.2. The van der Waals surface area contributed by atoms with Gasteiger partial charge in [-0.2, -0.15) is 0 Å². The van der Waals surface area contributed by atoms with E-state index in [1.54, 1.807) is 6.08 Å². The van der Waals surface area contributed by atoms with Crippen molar-refractivity contribution >= 4 is 35.1 Å². The van der Waals surface area contributed by atoms with Crippen LogP contribution in [0.25, 0.3) is 17.2 Å². The number of nitrogens with two attached hydrogens (primary N) is 1. The molecule has 0 aliphatic rings. The lowest BCUT2D eigenvalue weighted by atomic mass is 9.87. The quantitative estimate of drug-likeness (QED) is 0.0940. The molecule has 4 aromatic carbocycles. The molecule has 38 heavy (non-hydrogen) atoms. The number of rotatable bonds is 9. The standard InChI is InChI=1S/C33H30N2O3/c1-3-29(25-13-9-22(2)31(20-25)38-28-7-5-4-6-8-28)33(26-16-17-30(35)27(19-26)21-34)24-14-10-23(11-15-24)12-18-32(36)37/h4-21,34H,3,35H2,1-2H3,(H,36,37)/b18-12+,33-29+,34-21?. The van der Waals surface area contributed by atoms with Gasteiger partial charge in [-0.25, -0.2) is 4.79 Å². The van der Waals surface area contributed by atoms with E-state index in [1.807, 2.05) is 79.7 Å². The Hall–Kier alpha value is -4.90. The van der Waals surface area contributed by atoms with Gasteiger partial charge in [0.25, 0.3) is 0 Å². The number of anilines is 1. The first-order valence-electron chi connectivity index (χ1n) is 12.4. The Morgan fingerprint density at radius 3 is 2.26 bits per heavy atom. The Bertz CT molecular complexity index is 1520. The Morgan fingerprint density at radius 1 is 0.921 bits per heavy atom. The molecule has 0 spiro atoms. The predicted molar refractivity (Wildman–Crippen MR) is 156 cm³/mol. The lowest BCUT2D eigenvalue weighted by Crippen LogP contribution is -1.99. The number of carboxylic acids is 1. The minimum absolute atomic E-state index is 0.546. The zero-order chi connectivity index (χ0) is 27.1. The van der Waals surface area contributed by atoms with Crippen molar-refractivity contribution in [3.63, 3.8) is 0 Å². The first-order chi connectivity index (χ1) is 18.4. The van der Waals surface area contributed by atoms with Crippen molar-refractivity contribution in [1.29, 1.82) is 5.41 Å². The summed E-state index contributed by atoms with van der Waals surface area (Å²) in [6.45, 7) is 4.14. The average molecular weight is 503 g/mol. The second-order valence-electron chi connectivity index (χ2n) is 8.88. The van der Waals surface area contributed by atoms with Crippen molar-refractivity contribution in [3.05, 3.63) is 130 Å². The summed E-state index contributed by atoms with van der Waals surface area (Å²) in [7, 11) is 0. The number of hydrogen-bond donors (Lipinski definition) is 3. The van der Waals surface area contributed by atoms with E-state index in [1.165, 1.54) is 6.21 Å². The van der Waals surface area contributed by atoms with Gasteiger partial charge in [0.2, 0.25) is 0 Å². The van der Waals surface area contributed by atoms with Gasteiger partial charge in [-0.1, -0.05) is 67.6 Å². The predicted octanol–water partition coefficient (Wildman–Crippen LogP) is 7.83. The molecule has 5 nitrogen and oxygen atoms in total. The maximum Gasteiger partial charge on any atom is 0.328 e. The fourth-order valence-electron chi connectivity index (χ4n) is 4.34. The number of aryl methyl sites for hydroxylation is 1. The molecule has 4 aromatic rings. The van der Waals surface area contributed by atoms with Crippen LogP contribution >= 0.6 is 0 Å². The van der Waals surface area contributed by atoms with E-state index in [9.17, 15) is 4.79 Å². The number of benzene rings is 4. The number of ether oxygens (including phenoxy) is 1. The molecule has 0 radical (unpaired) electrons. The zero-order valence-corrected chi connectivity index (χ0v) is 21.4. The van der Waals surface area contributed by atoms with E-state index in [0.29, 0.717) is 11.3 Å². The number of nitrogen functional groups attached to an aromatic ring is 1. The van der Waals surface area contributed by atoms with Crippen molar-refractivity contribution in [3.8, 4) is 11.5 Å². The van der Waals surface area contributed by atoms with Crippen LogP contribution in [0.1, 0.15) is 46.7 Å². The highest BCUT2D eigenvalue weighted by molar-refractivity contribution is 6.00. The Labute approximate surface area is 223 Å². The highest BCUT2D eigenvalue weighted by Gasteiger charge is 2.16. The van der Waals surface area contributed by atoms with Crippen LogP contribution in [0.4, 0.5) is 5.69 Å². The van der Waals surface area contributed by atoms with E-state index in [2.05, 4.69) is 25.1 Å². The largest absolute Gasteiger partial charge is 0.478 e. The third-order valence-electron chi connectivity index (χ3n) is 6.31. The summed E-state index contributed by atoms with van der Waals surface area (Å²) in [6, 6.07) is 29.5. The second kappa shape index (κ2) is 11.9. The van der Waals surface area contributed by atoms with Crippen molar-refractivity contribution in [2.45, 2.75) is 20.3 Å². The van der Waals surface area contributed by atoms with Gasteiger partial charge in [0.1, 0.15) is 11.5 Å². The molecule has 4 N–H and O–H groups in total. The summed E-state index contributed by atoms with van der Waals surface area (Å²) in [6.07, 6.45) is 4.70. The number of allylic oxidation sites excluding steroid dienone is 1. The fraction of sp³-hybridized carbons (Fsp3) is 0.0909. The lowest BCUT2D eigenvalue weighted by molar-refractivity contribution is -0.131. The van der Waals surface area contributed by atoms with Crippen LogP contribution in [0.15, 0.2) is 97.1 Å². The second-order valence-corrected chi connectivity index (χ2v) is 8.88. The normalized spacial score (nSPS) is 11.7. The number of carbonyl (C=O) groups is 1. The van der Waals surface area contributed by atoms with Gasteiger partial charge in [-0.3, -0.25) is 0 Å². The Balaban J connectivity index is 1.89. The van der Waals surface area contributed by atoms with E-state index in [-0.39, 0.29) is 0 Å². The molecular formula is C33H30N2O3. The van der Waals surface area contributed by atoms with Crippen molar-refractivity contribution in [2.24, 2.45) is 0 Å². The molecule has 190 valence electrons. The third kappa shape index (κ3) is 6.08. The van der Waals surface area contributed by atoms with Gasteiger partial charge in [0.15, 0.2) is 0 Å². The number of para-hydroxylation sites is 1. The van der Waals surface area contributed by atoms with Gasteiger partial charge >= 0.3 is 5.97 Å². The van der Waals surface area contributed by atoms with Gasteiger partial charge in [-0.15, -0.1) is 0 Å². The summed E-state index contributed by atoms with van der Waals surface area (Å²) in [5.41, 5.74) is 14.2. The Kier molecular flexibility index (Phi) is 8.19. The summed E-state index contributed by atoms with van der Waals surface area (Å²) in [5.74, 6) is 0.566. The highest BCUT2D eigenvalue weighted by atomic mass is 16.5. The minimum atomic E-state index is -0.989. The summed E-state index contributed by atoms with van der Waals surface area (Å²) in [4.78, 5) is 10.9. The molecule has 0 aromatic heterocycles. The molecule has 0 saturated heterocycles. The molecular weight excluding hydrogens is 472 g/mol. The van der Waals surface area contributed by atoms with Crippen LogP contribution in [0, 0.1) is 12.3 Å². The maximum absolute atomic E-state index is 10.9. The average Bonchev–Trinajstić information content (AvgIpc) is 2.93. The maximum atomic E-state index is 10.9. The van der Waals surface area contributed by atoms with E-state index >= 15 is 0 Å². The third-order valence-corrected chi connectivity index (χ3v) is 6.31. The van der Waals surface area contributed by atoms with Gasteiger partial charge in [-0.05, 0) is 88.7 Å². The molecule has 0 aliphatic heterocycles. The van der Waals surface area contributed by atoms with Gasteiger partial charge < -0.3 is 21.0 Å². The van der Waals surface area contributed by atoms with E-state index in [4.69, 9.17) is 21.0 Å². The van der Waals surface area contributed by atoms with Crippen LogP contribution < -0.4 is 10.5 Å². The summed E-state index contributed by atoms with van der Waals surface area (Å²) < 4.78 is 6.23. The molecule has 0 atom stereocenters. The Morgan fingerprint density at radius 2 is 1.61 bits per heavy atom. The molecule has 4 rings (SSSR count). The minimum Gasteiger partial charge on any atom is -0.478 e. The van der Waals surface area contributed by atoms with Crippen molar-refractivity contribution in [1.82, 2.24) is 0 Å². The molecule has 5 heteroatoms. The summed E-state index contributed by atoms with van der Waals surface area (Å²) >= 11 is 0. The van der Waals surface area contributed by atoms with E-state index in [0.717, 1.165) is 63.0 Å². The van der Waals surface area contributed by atoms with Crippen molar-refractivity contribution < 1.29 is 14.6 Å². The van der Waals surface area contributed by atoms with Crippen LogP contribution in [0.5, 0.6) is 11.5 Å². The number of nitrogens with one attached hydrogen (secondary N) is 1. The molecule has 0 saturated carbocycles. The molecule has 0 fully saturated rings. The molecule has 0 aliphatic carbocycles. The molecule has 0 unspecified atom stereocenters. The number of aliphatic carboxylic acids is 1. The van der Waals surface area contributed by atoms with Gasteiger partial charge in [0, 0.05) is 23.5 Å². The van der Waals surface area contributed by atoms with Crippen LogP contribution in [0.2, 0.25) is 0 Å². The number of carboxylic acid groups (broad SMARTS) is 1. The van der Waals surface area contributed by atoms with Crippen molar-refractivity contribution in [2.75, 3.05) is 5.73 Å². The molecule has 0 bridgehead atoms. The first-order valence-corrected chi connectivity index (χ1v) is 12.4. The monoisotopic (exact) mass is 502 g/mol. The fourth-order valence-corrected chi connectivity index (χ4v) is 4.34. The molecule has 0 heterocycles. The zero-order valence-electron chi connectivity index (χ0n) is 21.4. The van der Waals surface area contributed by atoms with Crippen LogP contribution in [-0.2, 0) is 4.79 Å².